The van der Waals surface area contributed by atoms with Crippen molar-refractivity contribution in [2.24, 2.45) is 0 Å². The molecule has 0 amide bonds. The number of nitrogens with two attached hydrogens (primary N) is 2. The van der Waals surface area contributed by atoms with Gasteiger partial charge < -0.3 is 11.5 Å². The van der Waals surface area contributed by atoms with Gasteiger partial charge in [0.2, 0.25) is 0 Å². The lowest BCUT2D eigenvalue weighted by atomic mass is 9.86. The Balaban J connectivity index is 2.05. The van der Waals surface area contributed by atoms with Crippen LogP contribution >= 0.6 is 0 Å². The van der Waals surface area contributed by atoms with Crippen LogP contribution in [0.25, 0.3) is 33.4 Å². The summed E-state index contributed by atoms with van der Waals surface area (Å²) in [7, 11) is 0. The van der Waals surface area contributed by atoms with Crippen LogP contribution in [0.4, 0.5) is 37.7 Å². The van der Waals surface area contributed by atoms with Gasteiger partial charge in [-0.25, -0.2) is 0 Å². The Kier molecular flexibility index (Phi) is 5.77. The van der Waals surface area contributed by atoms with Gasteiger partial charge in [-0.2, -0.15) is 26.3 Å². The first-order valence-electron chi connectivity index (χ1n) is 10.1. The molecule has 0 atom stereocenters. The van der Waals surface area contributed by atoms with Crippen LogP contribution in [0.3, 0.4) is 0 Å². The van der Waals surface area contributed by atoms with Gasteiger partial charge in [-0.3, -0.25) is 0 Å². The Labute approximate surface area is 191 Å². The summed E-state index contributed by atoms with van der Waals surface area (Å²) >= 11 is 0. The van der Waals surface area contributed by atoms with Gasteiger partial charge >= 0.3 is 12.4 Å². The van der Waals surface area contributed by atoms with Crippen molar-refractivity contribution in [3.8, 4) is 33.4 Å². The van der Waals surface area contributed by atoms with E-state index in [0.29, 0.717) is 0 Å². The maximum atomic E-state index is 13.8. The predicted octanol–water partition coefficient (Wildman–Crippen LogP) is 7.89. The zero-order valence-electron chi connectivity index (χ0n) is 17.5. The van der Waals surface area contributed by atoms with Gasteiger partial charge in [0, 0.05) is 11.4 Å². The fourth-order valence-corrected chi connectivity index (χ4v) is 3.97. The van der Waals surface area contributed by atoms with E-state index >= 15 is 0 Å². The van der Waals surface area contributed by atoms with E-state index in [4.69, 9.17) is 11.5 Å². The van der Waals surface area contributed by atoms with Crippen LogP contribution < -0.4 is 11.5 Å². The van der Waals surface area contributed by atoms with E-state index in [1.165, 1.54) is 72.8 Å². The number of anilines is 2. The summed E-state index contributed by atoms with van der Waals surface area (Å²) in [6, 6.07) is 18.7. The molecule has 0 saturated carbocycles. The molecule has 4 aromatic carbocycles. The van der Waals surface area contributed by atoms with E-state index in [0.717, 1.165) is 12.1 Å². The quantitative estimate of drug-likeness (QED) is 0.235. The van der Waals surface area contributed by atoms with Gasteiger partial charge in [-0.1, -0.05) is 48.5 Å². The summed E-state index contributed by atoms with van der Waals surface area (Å²) < 4.78 is 82.7. The van der Waals surface area contributed by atoms with Crippen LogP contribution in [-0.2, 0) is 12.4 Å². The molecule has 0 saturated heterocycles. The van der Waals surface area contributed by atoms with Gasteiger partial charge in [0.1, 0.15) is 0 Å². The van der Waals surface area contributed by atoms with Crippen molar-refractivity contribution >= 4 is 11.4 Å². The van der Waals surface area contributed by atoms with E-state index in [1.54, 1.807) is 0 Å². The second kappa shape index (κ2) is 8.44. The highest BCUT2D eigenvalue weighted by Crippen LogP contribution is 2.46. The zero-order valence-corrected chi connectivity index (χ0v) is 17.5. The molecule has 4 rings (SSSR count). The zero-order chi connectivity index (χ0) is 24.7. The Morgan fingerprint density at radius 2 is 0.765 bits per heavy atom. The molecule has 0 unspecified atom stereocenters. The van der Waals surface area contributed by atoms with Crippen molar-refractivity contribution in [3.05, 3.63) is 96.1 Å². The topological polar surface area (TPSA) is 52.0 Å². The molecule has 174 valence electrons. The molecular formula is C26H18F6N2. The molecule has 0 aliphatic carbocycles. The fourth-order valence-electron chi connectivity index (χ4n) is 3.97. The van der Waals surface area contributed by atoms with Gasteiger partial charge in [0.15, 0.2) is 0 Å². The first kappa shape index (κ1) is 23.2. The summed E-state index contributed by atoms with van der Waals surface area (Å²) in [4.78, 5) is 0. The average Bonchev–Trinajstić information content (AvgIpc) is 2.78. The van der Waals surface area contributed by atoms with Gasteiger partial charge in [-0.05, 0) is 69.8 Å². The standard InChI is InChI=1S/C26H18F6N2/c27-25(28,29)23-7-3-1-5-19(23)21-13-15(33)9-11-17(21)18-12-10-16(34)14-22(18)20-6-2-4-8-24(20)26(30,31)32/h1-14H,33-34H2. The summed E-state index contributed by atoms with van der Waals surface area (Å²) in [6.45, 7) is 0. The van der Waals surface area contributed by atoms with Crippen molar-refractivity contribution in [1.82, 2.24) is 0 Å². The van der Waals surface area contributed by atoms with Crippen molar-refractivity contribution in [2.75, 3.05) is 11.5 Å². The third kappa shape index (κ3) is 4.44. The number of nitrogen functional groups attached to an aromatic ring is 2. The number of rotatable bonds is 3. The monoisotopic (exact) mass is 472 g/mol. The second-order valence-corrected chi connectivity index (χ2v) is 7.70. The number of benzene rings is 4. The third-order valence-corrected chi connectivity index (χ3v) is 5.42. The maximum absolute atomic E-state index is 13.8. The fraction of sp³-hybridized carbons (Fsp3) is 0.0769. The van der Waals surface area contributed by atoms with Crippen molar-refractivity contribution in [1.29, 1.82) is 0 Å². The molecule has 8 heteroatoms. The lowest BCUT2D eigenvalue weighted by Gasteiger charge is -2.20. The Bertz CT molecular complexity index is 1250. The van der Waals surface area contributed by atoms with Crippen LogP contribution in [0.1, 0.15) is 11.1 Å². The molecular weight excluding hydrogens is 454 g/mol. The molecule has 0 bridgehead atoms. The lowest BCUT2D eigenvalue weighted by molar-refractivity contribution is -0.137. The SMILES string of the molecule is Nc1ccc(-c2ccc(N)cc2-c2ccccc2C(F)(F)F)c(-c2ccccc2C(F)(F)F)c1. The van der Waals surface area contributed by atoms with Crippen LogP contribution in [0, 0.1) is 0 Å². The number of alkyl halides is 6. The highest BCUT2D eigenvalue weighted by Gasteiger charge is 2.35. The van der Waals surface area contributed by atoms with Crippen LogP contribution in [0.5, 0.6) is 0 Å². The Hall–Kier alpha value is -3.94. The van der Waals surface area contributed by atoms with Crippen molar-refractivity contribution < 1.29 is 26.3 Å². The Morgan fingerprint density at radius 1 is 0.412 bits per heavy atom. The first-order valence-corrected chi connectivity index (χ1v) is 10.1. The first-order chi connectivity index (χ1) is 16.0. The van der Waals surface area contributed by atoms with E-state index in [1.807, 2.05) is 0 Å². The largest absolute Gasteiger partial charge is 0.417 e. The second-order valence-electron chi connectivity index (χ2n) is 7.70. The predicted molar refractivity (Wildman–Crippen MR) is 122 cm³/mol. The average molecular weight is 472 g/mol. The molecule has 2 nitrogen and oxygen atoms in total. The van der Waals surface area contributed by atoms with Crippen LogP contribution in [0.15, 0.2) is 84.9 Å². The van der Waals surface area contributed by atoms with Crippen molar-refractivity contribution in [3.63, 3.8) is 0 Å². The van der Waals surface area contributed by atoms with Gasteiger partial charge in [0.25, 0.3) is 0 Å². The van der Waals surface area contributed by atoms with Gasteiger partial charge in [-0.15, -0.1) is 0 Å². The maximum Gasteiger partial charge on any atom is 0.417 e. The molecule has 0 aromatic heterocycles. The molecule has 4 N–H and O–H groups in total. The lowest BCUT2D eigenvalue weighted by Crippen LogP contribution is -2.08. The molecule has 0 heterocycles. The van der Waals surface area contributed by atoms with Gasteiger partial charge in [0.05, 0.1) is 11.1 Å². The van der Waals surface area contributed by atoms with E-state index in [9.17, 15) is 26.3 Å². The number of hydrogen-bond acceptors (Lipinski definition) is 2. The molecule has 0 spiro atoms. The normalized spacial score (nSPS) is 12.1. The van der Waals surface area contributed by atoms with Crippen LogP contribution in [0.2, 0.25) is 0 Å². The van der Waals surface area contributed by atoms with Crippen LogP contribution in [-0.4, -0.2) is 0 Å². The highest BCUT2D eigenvalue weighted by atomic mass is 19.4. The van der Waals surface area contributed by atoms with E-state index in [-0.39, 0.29) is 44.8 Å². The molecule has 0 fully saturated rings. The summed E-state index contributed by atoms with van der Waals surface area (Å²) in [5.41, 5.74) is 11.1. The highest BCUT2D eigenvalue weighted by molar-refractivity contribution is 5.95. The molecule has 0 aliphatic rings. The summed E-state index contributed by atoms with van der Waals surface area (Å²) in [5, 5.41) is 0. The minimum absolute atomic E-state index is 0.135. The Morgan fingerprint density at radius 3 is 1.12 bits per heavy atom. The van der Waals surface area contributed by atoms with Crippen molar-refractivity contribution in [2.45, 2.75) is 12.4 Å². The molecule has 0 radical (unpaired) electrons. The summed E-state index contributed by atoms with van der Waals surface area (Å²) in [5.74, 6) is 0. The molecule has 4 aromatic rings. The molecule has 0 aliphatic heterocycles. The minimum Gasteiger partial charge on any atom is -0.399 e. The third-order valence-electron chi connectivity index (χ3n) is 5.42. The smallest absolute Gasteiger partial charge is 0.399 e. The van der Waals surface area contributed by atoms with E-state index < -0.39 is 23.5 Å². The van der Waals surface area contributed by atoms with E-state index in [2.05, 4.69) is 0 Å². The number of halogens is 6. The minimum atomic E-state index is -4.65. The molecule has 34 heavy (non-hydrogen) atoms. The summed E-state index contributed by atoms with van der Waals surface area (Å²) in [6.07, 6.45) is -9.30. The number of hydrogen-bond donors (Lipinski definition) is 2.